The zero-order chi connectivity index (χ0) is 0. The van der Waals surface area contributed by atoms with Crippen molar-refractivity contribution in [2.75, 3.05) is 0 Å². The molecular formula is H5CuNOSi. The molecule has 2 nitrogen and oxygen atoms in total. The minimum Gasteiger partial charge on any atom is -0.412 e. The van der Waals surface area contributed by atoms with Gasteiger partial charge in [0.25, 0.3) is 0 Å². The average molecular weight is 127 g/mol. The fourth-order valence-electron chi connectivity index (χ4n) is 0. The van der Waals surface area contributed by atoms with E-state index in [1.54, 1.807) is 0 Å². The van der Waals surface area contributed by atoms with Crippen molar-refractivity contribution >= 4 is 11.0 Å². The first-order chi connectivity index (χ1) is 0. The van der Waals surface area contributed by atoms with Gasteiger partial charge in [-0.1, -0.05) is 0 Å². The Balaban J connectivity index is 0. The fraction of sp³-hybridized carbons (Fsp3) is 0. The van der Waals surface area contributed by atoms with E-state index in [0.717, 1.165) is 0 Å². The van der Waals surface area contributed by atoms with E-state index in [4.69, 9.17) is 0 Å². The van der Waals surface area contributed by atoms with Gasteiger partial charge >= 0.3 is 0 Å². The molecule has 0 spiro atoms. The monoisotopic (exact) mass is 126 g/mol. The molecule has 0 aromatic carbocycles. The van der Waals surface area contributed by atoms with Crippen LogP contribution in [0.15, 0.2) is 0 Å². The number of hydrogen-bond donors (Lipinski definition) is 1. The normalized spacial score (nSPS) is 0. The third-order valence-electron chi connectivity index (χ3n) is 0. The van der Waals surface area contributed by atoms with Crippen molar-refractivity contribution in [3.8, 4) is 0 Å². The van der Waals surface area contributed by atoms with Crippen LogP contribution in [0.1, 0.15) is 0 Å². The van der Waals surface area contributed by atoms with E-state index >= 15 is 0 Å². The molecule has 4 heavy (non-hydrogen) atoms. The topological polar surface area (TPSA) is 66.5 Å². The molecule has 0 fully saturated rings. The van der Waals surface area contributed by atoms with Crippen molar-refractivity contribution in [3.05, 3.63) is 0 Å². The molecule has 31 valence electrons. The van der Waals surface area contributed by atoms with Crippen LogP contribution in [-0.4, -0.2) is 16.4 Å². The minimum absolute atomic E-state index is 0. The molecule has 0 aromatic heterocycles. The van der Waals surface area contributed by atoms with Gasteiger partial charge in [-0.3, -0.25) is 0 Å². The maximum absolute atomic E-state index is 0. The molecule has 0 saturated heterocycles. The first-order valence-corrected chi connectivity index (χ1v) is 0. The standard InChI is InChI=1S/Cu.H3N.H2O.Si/h;1H3;1H2;. The van der Waals surface area contributed by atoms with Gasteiger partial charge in [0, 0.05) is 28.0 Å². The molecule has 0 aliphatic carbocycles. The predicted octanol–water partition coefficient (Wildman–Crippen LogP) is -1.05. The molecule has 0 aliphatic heterocycles. The second-order valence-electron chi connectivity index (χ2n) is 0. The van der Waals surface area contributed by atoms with Crippen molar-refractivity contribution < 1.29 is 22.5 Å². The van der Waals surface area contributed by atoms with Crippen molar-refractivity contribution in [1.82, 2.24) is 6.15 Å². The van der Waals surface area contributed by atoms with E-state index < -0.39 is 0 Å². The van der Waals surface area contributed by atoms with Crippen LogP contribution in [0, 0.1) is 0 Å². The van der Waals surface area contributed by atoms with Crippen LogP contribution in [-0.2, 0) is 17.1 Å². The third kappa shape index (κ3) is 16.9. The smallest absolute Gasteiger partial charge is 0 e. The summed E-state index contributed by atoms with van der Waals surface area (Å²) in [6.07, 6.45) is 0. The van der Waals surface area contributed by atoms with Crippen LogP contribution in [0.5, 0.6) is 0 Å². The largest absolute Gasteiger partial charge is 0.412 e. The SMILES string of the molecule is N.O.[Cu].[Si]. The van der Waals surface area contributed by atoms with E-state index in [-0.39, 0.29) is 39.7 Å². The summed E-state index contributed by atoms with van der Waals surface area (Å²) in [6.45, 7) is 0. The Morgan fingerprint density at radius 1 is 1.00 bits per heavy atom. The van der Waals surface area contributed by atoms with Gasteiger partial charge in [-0.05, 0) is 0 Å². The molecule has 0 heterocycles. The second-order valence-corrected chi connectivity index (χ2v) is 0. The van der Waals surface area contributed by atoms with Crippen molar-refractivity contribution in [2.45, 2.75) is 0 Å². The van der Waals surface area contributed by atoms with Crippen molar-refractivity contribution in [1.29, 1.82) is 0 Å². The average Bonchev–Trinajstić information content (AvgIpc) is 0. The summed E-state index contributed by atoms with van der Waals surface area (Å²) in [5, 5.41) is 0. The molecule has 0 rings (SSSR count). The van der Waals surface area contributed by atoms with Gasteiger partial charge in [0.1, 0.15) is 0 Å². The summed E-state index contributed by atoms with van der Waals surface area (Å²) in [5.41, 5.74) is 0. The van der Waals surface area contributed by atoms with Crippen LogP contribution >= 0.6 is 0 Å². The molecule has 0 atom stereocenters. The Labute approximate surface area is 40.4 Å². The molecule has 0 aliphatic rings. The van der Waals surface area contributed by atoms with E-state index in [2.05, 4.69) is 0 Å². The van der Waals surface area contributed by atoms with E-state index in [9.17, 15) is 0 Å². The van der Waals surface area contributed by atoms with Crippen molar-refractivity contribution in [3.63, 3.8) is 0 Å². The van der Waals surface area contributed by atoms with Gasteiger partial charge < -0.3 is 11.6 Å². The van der Waals surface area contributed by atoms with Crippen LogP contribution in [0.3, 0.4) is 0 Å². The third-order valence-corrected chi connectivity index (χ3v) is 0. The second kappa shape index (κ2) is 59.9. The van der Waals surface area contributed by atoms with Gasteiger partial charge in [0.05, 0.1) is 0 Å². The summed E-state index contributed by atoms with van der Waals surface area (Å²) in [4.78, 5) is 0. The van der Waals surface area contributed by atoms with Gasteiger partial charge in [-0.25, -0.2) is 0 Å². The molecule has 0 unspecified atom stereocenters. The zero-order valence-electron chi connectivity index (χ0n) is 2.01. The van der Waals surface area contributed by atoms with E-state index in [0.29, 0.717) is 0 Å². The molecule has 5 radical (unpaired) electrons. The molecule has 0 aromatic rings. The molecule has 0 bridgehead atoms. The molecule has 0 amide bonds. The van der Waals surface area contributed by atoms with Crippen LogP contribution in [0.2, 0.25) is 0 Å². The van der Waals surface area contributed by atoms with Gasteiger partial charge in [-0.15, -0.1) is 0 Å². The zero-order valence-corrected chi connectivity index (χ0v) is 3.95. The van der Waals surface area contributed by atoms with Crippen LogP contribution in [0.25, 0.3) is 0 Å². The Kier molecular flexibility index (Phi) is 2160. The number of hydrogen-bond acceptors (Lipinski definition) is 1. The fourth-order valence-corrected chi connectivity index (χ4v) is 0. The maximum atomic E-state index is 0. The molecule has 4 heteroatoms. The Bertz CT molecular complexity index is 8.00. The molecule has 0 saturated carbocycles. The summed E-state index contributed by atoms with van der Waals surface area (Å²) in [5.74, 6) is 0. The Morgan fingerprint density at radius 2 is 1.00 bits per heavy atom. The first kappa shape index (κ1) is 144. The molecule has 5 N–H and O–H groups in total. The summed E-state index contributed by atoms with van der Waals surface area (Å²) >= 11 is 0. The summed E-state index contributed by atoms with van der Waals surface area (Å²) < 4.78 is 0. The van der Waals surface area contributed by atoms with E-state index in [1.807, 2.05) is 0 Å². The van der Waals surface area contributed by atoms with Crippen molar-refractivity contribution in [2.24, 2.45) is 0 Å². The van der Waals surface area contributed by atoms with Crippen LogP contribution < -0.4 is 6.15 Å². The number of rotatable bonds is 0. The van der Waals surface area contributed by atoms with Gasteiger partial charge in [-0.2, -0.15) is 0 Å². The maximum Gasteiger partial charge on any atom is 0 e. The van der Waals surface area contributed by atoms with Gasteiger partial charge in [0.2, 0.25) is 0 Å². The van der Waals surface area contributed by atoms with Crippen LogP contribution in [0.4, 0.5) is 0 Å². The quantitative estimate of drug-likeness (QED) is 0.414. The van der Waals surface area contributed by atoms with E-state index in [1.165, 1.54) is 0 Å². The summed E-state index contributed by atoms with van der Waals surface area (Å²) in [6, 6.07) is 0. The summed E-state index contributed by atoms with van der Waals surface area (Å²) in [7, 11) is 0. The minimum atomic E-state index is 0. The predicted molar refractivity (Wildman–Crippen MR) is 14.4 cm³/mol. The Hall–Kier alpha value is 0.656. The molecular weight excluding hydrogens is 122 g/mol. The first-order valence-electron chi connectivity index (χ1n) is 0. The van der Waals surface area contributed by atoms with Gasteiger partial charge in [0.15, 0.2) is 0 Å². The Morgan fingerprint density at radius 3 is 1.00 bits per heavy atom.